The fraction of sp³-hybridized carbons (Fsp3) is 0.533. The zero-order valence-electron chi connectivity index (χ0n) is 10.5. The molecule has 17 heavy (non-hydrogen) atoms. The van der Waals surface area contributed by atoms with Crippen molar-refractivity contribution in [3.63, 3.8) is 0 Å². The molecule has 1 aromatic rings. The summed E-state index contributed by atoms with van der Waals surface area (Å²) in [4.78, 5) is 11.9. The van der Waals surface area contributed by atoms with Gasteiger partial charge < -0.3 is 0 Å². The molecule has 0 aliphatic rings. The minimum absolute atomic E-state index is 0.172. The van der Waals surface area contributed by atoms with Crippen molar-refractivity contribution in [1.82, 2.24) is 0 Å². The number of ketones is 1. The van der Waals surface area contributed by atoms with Crippen LogP contribution < -0.4 is 0 Å². The molecule has 1 nitrogen and oxygen atoms in total. The van der Waals surface area contributed by atoms with Crippen molar-refractivity contribution in [2.24, 2.45) is 0 Å². The zero-order valence-corrected chi connectivity index (χ0v) is 11.3. The van der Waals surface area contributed by atoms with Crippen LogP contribution in [0.3, 0.4) is 0 Å². The van der Waals surface area contributed by atoms with Gasteiger partial charge >= 0.3 is 0 Å². The predicted octanol–water partition coefficient (Wildman–Crippen LogP) is 5.27. The molecule has 0 heterocycles. The second-order valence-corrected chi connectivity index (χ2v) is 4.83. The number of hydrogen-bond acceptors (Lipinski definition) is 1. The number of benzene rings is 1. The topological polar surface area (TPSA) is 17.1 Å². The van der Waals surface area contributed by atoms with Gasteiger partial charge in [-0.15, -0.1) is 0 Å². The standard InChI is InChI=1S/C15H21ClO/c1-2-3-4-5-6-7-12-15(17)13-10-8-9-11-14(13)16/h8-11H,2-7,12H2,1H3. The molecule has 1 aromatic carbocycles. The third-order valence-electron chi connectivity index (χ3n) is 2.93. The predicted molar refractivity (Wildman–Crippen MR) is 73.8 cm³/mol. The lowest BCUT2D eigenvalue weighted by molar-refractivity contribution is 0.0979. The van der Waals surface area contributed by atoms with Crippen molar-refractivity contribution in [2.45, 2.75) is 51.9 Å². The third kappa shape index (κ3) is 5.36. The highest BCUT2D eigenvalue weighted by molar-refractivity contribution is 6.33. The summed E-state index contributed by atoms with van der Waals surface area (Å²) >= 11 is 5.98. The van der Waals surface area contributed by atoms with Crippen molar-refractivity contribution in [3.8, 4) is 0 Å². The summed E-state index contributed by atoms with van der Waals surface area (Å²) in [6, 6.07) is 7.29. The smallest absolute Gasteiger partial charge is 0.164 e. The number of rotatable bonds is 8. The second-order valence-electron chi connectivity index (χ2n) is 4.42. The van der Waals surface area contributed by atoms with Crippen molar-refractivity contribution >= 4 is 17.4 Å². The molecule has 0 aromatic heterocycles. The fourth-order valence-electron chi connectivity index (χ4n) is 1.89. The summed E-state index contributed by atoms with van der Waals surface area (Å²) < 4.78 is 0. The maximum absolute atomic E-state index is 11.9. The van der Waals surface area contributed by atoms with Crippen molar-refractivity contribution in [1.29, 1.82) is 0 Å². The Hall–Kier alpha value is -0.820. The average Bonchev–Trinajstić information content (AvgIpc) is 2.34. The van der Waals surface area contributed by atoms with Crippen LogP contribution in [-0.2, 0) is 0 Å². The maximum atomic E-state index is 11.9. The van der Waals surface area contributed by atoms with Gasteiger partial charge in [-0.2, -0.15) is 0 Å². The minimum Gasteiger partial charge on any atom is -0.294 e. The number of unbranched alkanes of at least 4 members (excludes halogenated alkanes) is 5. The molecule has 94 valence electrons. The van der Waals surface area contributed by atoms with Gasteiger partial charge in [-0.25, -0.2) is 0 Å². The van der Waals surface area contributed by atoms with Crippen LogP contribution in [0.25, 0.3) is 0 Å². The number of hydrogen-bond donors (Lipinski definition) is 0. The lowest BCUT2D eigenvalue weighted by Gasteiger charge is -2.03. The summed E-state index contributed by atoms with van der Waals surface area (Å²) in [6.45, 7) is 2.21. The van der Waals surface area contributed by atoms with Crippen LogP contribution in [0.4, 0.5) is 0 Å². The second kappa shape index (κ2) is 8.30. The number of carbonyl (C=O) groups excluding carboxylic acids is 1. The lowest BCUT2D eigenvalue weighted by atomic mass is 10.0. The largest absolute Gasteiger partial charge is 0.294 e. The van der Waals surface area contributed by atoms with Crippen LogP contribution in [0.5, 0.6) is 0 Å². The Labute approximate surface area is 109 Å². The molecular weight excluding hydrogens is 232 g/mol. The van der Waals surface area contributed by atoms with Crippen LogP contribution in [0, 0.1) is 0 Å². The molecule has 0 spiro atoms. The SMILES string of the molecule is CCCCCCCCC(=O)c1ccccc1Cl. The quantitative estimate of drug-likeness (QED) is 0.455. The van der Waals surface area contributed by atoms with E-state index in [4.69, 9.17) is 11.6 Å². The molecular formula is C15H21ClO. The van der Waals surface area contributed by atoms with Gasteiger partial charge in [0.05, 0.1) is 5.02 Å². The number of Topliss-reactive ketones (excluding diaryl/α,β-unsaturated/α-hetero) is 1. The van der Waals surface area contributed by atoms with E-state index in [0.29, 0.717) is 17.0 Å². The Morgan fingerprint density at radius 2 is 1.71 bits per heavy atom. The average molecular weight is 253 g/mol. The lowest BCUT2D eigenvalue weighted by Crippen LogP contribution is -1.99. The summed E-state index contributed by atoms with van der Waals surface area (Å²) in [7, 11) is 0. The molecule has 0 atom stereocenters. The van der Waals surface area contributed by atoms with Crippen LogP contribution in [0.2, 0.25) is 5.02 Å². The van der Waals surface area contributed by atoms with Gasteiger partial charge in [0, 0.05) is 12.0 Å². The first kappa shape index (κ1) is 14.2. The molecule has 0 saturated carbocycles. The molecule has 0 N–H and O–H groups in total. The zero-order chi connectivity index (χ0) is 12.5. The molecule has 0 aliphatic heterocycles. The van der Waals surface area contributed by atoms with Crippen LogP contribution in [0.1, 0.15) is 62.2 Å². The Morgan fingerprint density at radius 1 is 1.06 bits per heavy atom. The molecule has 0 fully saturated rings. The Morgan fingerprint density at radius 3 is 2.41 bits per heavy atom. The Kier molecular flexibility index (Phi) is 6.95. The summed E-state index contributed by atoms with van der Waals surface area (Å²) in [5.41, 5.74) is 0.669. The van der Waals surface area contributed by atoms with E-state index in [0.717, 1.165) is 12.8 Å². The molecule has 0 unspecified atom stereocenters. The van der Waals surface area contributed by atoms with Gasteiger partial charge in [0.25, 0.3) is 0 Å². The van der Waals surface area contributed by atoms with E-state index < -0.39 is 0 Å². The maximum Gasteiger partial charge on any atom is 0.164 e. The summed E-state index contributed by atoms with van der Waals surface area (Å²) in [5.74, 6) is 0.172. The van der Waals surface area contributed by atoms with Gasteiger partial charge in [-0.1, -0.05) is 62.8 Å². The van der Waals surface area contributed by atoms with E-state index in [2.05, 4.69) is 6.92 Å². The van der Waals surface area contributed by atoms with Gasteiger partial charge in [-0.3, -0.25) is 4.79 Å². The summed E-state index contributed by atoms with van der Waals surface area (Å²) in [5, 5.41) is 0.573. The highest BCUT2D eigenvalue weighted by atomic mass is 35.5. The van der Waals surface area contributed by atoms with Crippen LogP contribution in [0.15, 0.2) is 24.3 Å². The Balaban J connectivity index is 2.24. The molecule has 0 bridgehead atoms. The molecule has 1 rings (SSSR count). The van der Waals surface area contributed by atoms with Crippen molar-refractivity contribution < 1.29 is 4.79 Å². The third-order valence-corrected chi connectivity index (χ3v) is 3.26. The molecule has 0 aliphatic carbocycles. The van der Waals surface area contributed by atoms with Gasteiger partial charge in [-0.05, 0) is 18.6 Å². The first-order valence-corrected chi connectivity index (χ1v) is 6.91. The van der Waals surface area contributed by atoms with E-state index in [1.807, 2.05) is 18.2 Å². The van der Waals surface area contributed by atoms with Crippen LogP contribution in [-0.4, -0.2) is 5.78 Å². The highest BCUT2D eigenvalue weighted by Crippen LogP contribution is 2.18. The molecule has 0 radical (unpaired) electrons. The monoisotopic (exact) mass is 252 g/mol. The number of carbonyl (C=O) groups is 1. The fourth-order valence-corrected chi connectivity index (χ4v) is 2.13. The first-order chi connectivity index (χ1) is 8.25. The first-order valence-electron chi connectivity index (χ1n) is 6.53. The van der Waals surface area contributed by atoms with E-state index in [1.165, 1.54) is 25.7 Å². The van der Waals surface area contributed by atoms with Crippen molar-refractivity contribution in [3.05, 3.63) is 34.9 Å². The van der Waals surface area contributed by atoms with Crippen molar-refractivity contribution in [2.75, 3.05) is 0 Å². The molecule has 0 amide bonds. The van der Waals surface area contributed by atoms with Gasteiger partial charge in [0.15, 0.2) is 5.78 Å². The normalized spacial score (nSPS) is 10.5. The molecule has 0 saturated heterocycles. The highest BCUT2D eigenvalue weighted by Gasteiger charge is 2.08. The molecule has 2 heteroatoms. The van der Waals surface area contributed by atoms with Gasteiger partial charge in [0.1, 0.15) is 0 Å². The van der Waals surface area contributed by atoms with Crippen LogP contribution >= 0.6 is 11.6 Å². The van der Waals surface area contributed by atoms with E-state index in [1.54, 1.807) is 6.07 Å². The minimum atomic E-state index is 0.172. The summed E-state index contributed by atoms with van der Waals surface area (Å²) in [6.07, 6.45) is 7.84. The van der Waals surface area contributed by atoms with E-state index >= 15 is 0 Å². The van der Waals surface area contributed by atoms with E-state index in [9.17, 15) is 4.79 Å². The van der Waals surface area contributed by atoms with Gasteiger partial charge in [0.2, 0.25) is 0 Å². The number of halogens is 1. The van der Waals surface area contributed by atoms with E-state index in [-0.39, 0.29) is 5.78 Å². The Bertz CT molecular complexity index is 347.